The van der Waals surface area contributed by atoms with Gasteiger partial charge in [0.25, 0.3) is 0 Å². The van der Waals surface area contributed by atoms with E-state index in [2.05, 4.69) is 33.8 Å². The zero-order valence-electron chi connectivity index (χ0n) is 14.5. The minimum Gasteiger partial charge on any atom is -0.545 e. The summed E-state index contributed by atoms with van der Waals surface area (Å²) < 4.78 is 0. The molecule has 0 unspecified atom stereocenters. The lowest BCUT2D eigenvalue weighted by atomic mass is 10.2. The molecule has 10 nitrogen and oxygen atoms in total. The number of guanidine groups is 2. The predicted molar refractivity (Wildman–Crippen MR) is 104 cm³/mol. The maximum atomic E-state index is 10.6. The molecular formula is C16H20N6O4S2. The first kappa shape index (κ1) is 24.6. The van der Waals surface area contributed by atoms with Gasteiger partial charge in [-0.1, -0.05) is 45.9 Å². The molecule has 150 valence electrons. The fraction of sp³-hybridized carbons (Fsp3) is 0. The molecule has 0 aromatic heterocycles. The van der Waals surface area contributed by atoms with Crippen molar-refractivity contribution in [2.24, 2.45) is 22.9 Å². The first-order valence-corrected chi connectivity index (χ1v) is 9.42. The highest BCUT2D eigenvalue weighted by Gasteiger charge is 2.00. The molecule has 12 N–H and O–H groups in total. The second kappa shape index (κ2) is 12.9. The van der Waals surface area contributed by atoms with Gasteiger partial charge in [0.1, 0.15) is 0 Å². The summed E-state index contributed by atoms with van der Waals surface area (Å²) in [5, 5.41) is 30.4. The molecule has 0 aliphatic heterocycles. The van der Waals surface area contributed by atoms with Crippen molar-refractivity contribution in [3.05, 3.63) is 59.7 Å². The van der Waals surface area contributed by atoms with Crippen LogP contribution in [0.3, 0.4) is 0 Å². The van der Waals surface area contributed by atoms with Crippen LogP contribution in [0.1, 0.15) is 20.7 Å². The van der Waals surface area contributed by atoms with Crippen molar-refractivity contribution in [2.45, 2.75) is 9.79 Å². The molecule has 0 heterocycles. The van der Waals surface area contributed by atoms with Crippen LogP contribution in [0.4, 0.5) is 0 Å². The molecule has 0 saturated carbocycles. The number of carbonyl (C=O) groups is 2. The van der Waals surface area contributed by atoms with Crippen LogP contribution >= 0.6 is 21.6 Å². The maximum Gasteiger partial charge on any atom is 0.336 e. The number of carboxylic acid groups (broad SMARTS) is 2. The number of nitrogens with two attached hydrogens (primary N) is 6. The highest BCUT2D eigenvalue weighted by molar-refractivity contribution is 8.76. The van der Waals surface area contributed by atoms with Gasteiger partial charge in [0, 0.05) is 9.79 Å². The molecule has 2 aromatic rings. The van der Waals surface area contributed by atoms with Gasteiger partial charge in [-0.15, -0.1) is 0 Å². The minimum absolute atomic E-state index is 0.0833. The third-order valence-electron chi connectivity index (χ3n) is 2.41. The molecule has 0 radical (unpaired) electrons. The summed E-state index contributed by atoms with van der Waals surface area (Å²) in [6, 6.07) is 12.7. The van der Waals surface area contributed by atoms with Crippen LogP contribution < -0.4 is 44.0 Å². The van der Waals surface area contributed by atoms with Crippen molar-refractivity contribution in [1.82, 2.24) is 0 Å². The molecule has 0 fully saturated rings. The van der Waals surface area contributed by atoms with E-state index in [9.17, 15) is 19.8 Å². The zero-order chi connectivity index (χ0) is 21.7. The van der Waals surface area contributed by atoms with Crippen LogP contribution in [-0.2, 0) is 0 Å². The lowest BCUT2D eigenvalue weighted by molar-refractivity contribution is -0.256. The Kier molecular flexibility index (Phi) is 11.3. The van der Waals surface area contributed by atoms with Gasteiger partial charge in [-0.25, -0.2) is 0 Å². The summed E-state index contributed by atoms with van der Waals surface area (Å²) in [5.74, 6) is -2.57. The van der Waals surface area contributed by atoms with Gasteiger partial charge >= 0.3 is 11.9 Å². The summed E-state index contributed by atoms with van der Waals surface area (Å²) in [4.78, 5) is 23.0. The first-order valence-electron chi connectivity index (χ1n) is 7.27. The second-order valence-electron chi connectivity index (χ2n) is 4.79. The topological polar surface area (TPSA) is 236 Å². The standard InChI is InChI=1S/C14H10O4S2.2CH5N3/c15-13(16)9-1-5-11(6-2-9)19-20-12-7-3-10(4-8-12)14(17)18;2*2-1(3)4/h1-8H,(H,15,16)(H,17,18);2*(H5,2,3,4). The van der Waals surface area contributed by atoms with Gasteiger partial charge in [0.05, 0.1) is 11.9 Å². The second-order valence-corrected chi connectivity index (χ2v) is 7.07. The van der Waals surface area contributed by atoms with Crippen molar-refractivity contribution in [3.63, 3.8) is 0 Å². The molecule has 28 heavy (non-hydrogen) atoms. The van der Waals surface area contributed by atoms with E-state index in [-0.39, 0.29) is 23.0 Å². The van der Waals surface area contributed by atoms with E-state index < -0.39 is 11.9 Å². The van der Waals surface area contributed by atoms with Gasteiger partial charge in [-0.2, -0.15) is 0 Å². The van der Waals surface area contributed by atoms with E-state index in [1.807, 2.05) is 0 Å². The summed E-state index contributed by atoms with van der Waals surface area (Å²) in [7, 11) is 2.90. The van der Waals surface area contributed by atoms with E-state index in [1.165, 1.54) is 45.9 Å². The number of benzene rings is 2. The van der Waals surface area contributed by atoms with E-state index in [4.69, 9.17) is 0 Å². The SMILES string of the molecule is NC(N)=[NH2+].NC(N)=[NH2+].O=C([O-])c1ccc(SSc2ccc(C(=O)[O-])cc2)cc1. The molecular weight excluding hydrogens is 404 g/mol. The third-order valence-corrected chi connectivity index (χ3v) is 4.83. The lowest BCUT2D eigenvalue weighted by Crippen LogP contribution is -2.51. The van der Waals surface area contributed by atoms with Crippen LogP contribution in [0.15, 0.2) is 58.3 Å². The Balaban J connectivity index is 0.000000776. The smallest absolute Gasteiger partial charge is 0.336 e. The predicted octanol–water partition coefficient (Wildman–Crippen LogP) is -4.75. The normalized spacial score (nSPS) is 9.00. The summed E-state index contributed by atoms with van der Waals surface area (Å²) in [6.07, 6.45) is 0. The number of aromatic carboxylic acids is 2. The average molecular weight is 425 g/mol. The summed E-state index contributed by atoms with van der Waals surface area (Å²) in [5.41, 5.74) is 18.6. The molecule has 12 heteroatoms. The molecule has 0 amide bonds. The van der Waals surface area contributed by atoms with Crippen LogP contribution in [-0.4, -0.2) is 23.9 Å². The lowest BCUT2D eigenvalue weighted by Gasteiger charge is -2.05. The highest BCUT2D eigenvalue weighted by Crippen LogP contribution is 2.37. The molecule has 0 spiro atoms. The number of hydrogen-bond acceptors (Lipinski definition) is 6. The number of hydrogen-bond donors (Lipinski definition) is 6. The Morgan fingerprint density at radius 2 is 0.857 bits per heavy atom. The van der Waals surface area contributed by atoms with E-state index in [0.717, 1.165) is 9.79 Å². The quantitative estimate of drug-likeness (QED) is 0.152. The highest BCUT2D eigenvalue weighted by atomic mass is 33.1. The van der Waals surface area contributed by atoms with E-state index in [1.54, 1.807) is 24.3 Å². The number of carbonyl (C=O) groups excluding carboxylic acids is 2. The Hall–Kier alpha value is -3.38. The Morgan fingerprint density at radius 3 is 1.04 bits per heavy atom. The summed E-state index contributed by atoms with van der Waals surface area (Å²) in [6.45, 7) is 0. The van der Waals surface area contributed by atoms with Gasteiger partial charge in [-0.05, 0) is 35.4 Å². The molecule has 0 aliphatic carbocycles. The molecule has 0 atom stereocenters. The first-order chi connectivity index (χ1) is 13.0. The average Bonchev–Trinajstić information content (AvgIpc) is 2.59. The van der Waals surface area contributed by atoms with Crippen molar-refractivity contribution in [1.29, 1.82) is 0 Å². The fourth-order valence-corrected chi connectivity index (χ4v) is 3.32. The number of rotatable bonds is 5. The van der Waals surface area contributed by atoms with Crippen LogP contribution in [0.5, 0.6) is 0 Å². The van der Waals surface area contributed by atoms with Crippen LogP contribution in [0.2, 0.25) is 0 Å². The Morgan fingerprint density at radius 1 is 0.643 bits per heavy atom. The molecule has 0 saturated heterocycles. The van der Waals surface area contributed by atoms with E-state index in [0.29, 0.717) is 0 Å². The van der Waals surface area contributed by atoms with Crippen molar-refractivity contribution in [3.8, 4) is 0 Å². The van der Waals surface area contributed by atoms with Crippen molar-refractivity contribution >= 4 is 45.4 Å². The summed E-state index contributed by atoms with van der Waals surface area (Å²) >= 11 is 0. The molecule has 2 rings (SSSR count). The van der Waals surface area contributed by atoms with Gasteiger partial charge in [-0.3, -0.25) is 33.8 Å². The molecule has 0 aliphatic rings. The van der Waals surface area contributed by atoms with Gasteiger partial charge in [0.15, 0.2) is 0 Å². The van der Waals surface area contributed by atoms with Gasteiger partial charge in [0.2, 0.25) is 0 Å². The van der Waals surface area contributed by atoms with Crippen molar-refractivity contribution in [2.75, 3.05) is 0 Å². The molecule has 0 bridgehead atoms. The Labute approximate surface area is 168 Å². The van der Waals surface area contributed by atoms with E-state index >= 15 is 0 Å². The fourth-order valence-electron chi connectivity index (χ4n) is 1.39. The third kappa shape index (κ3) is 12.1. The largest absolute Gasteiger partial charge is 0.545 e. The van der Waals surface area contributed by atoms with Gasteiger partial charge < -0.3 is 19.8 Å². The zero-order valence-corrected chi connectivity index (χ0v) is 16.2. The molecule has 2 aromatic carbocycles. The number of carboxylic acids is 2. The minimum atomic E-state index is -1.20. The van der Waals surface area contributed by atoms with Crippen LogP contribution in [0, 0.1) is 0 Å². The maximum absolute atomic E-state index is 10.6. The van der Waals surface area contributed by atoms with Crippen LogP contribution in [0.25, 0.3) is 0 Å². The van der Waals surface area contributed by atoms with Crippen molar-refractivity contribution < 1.29 is 30.6 Å². The monoisotopic (exact) mass is 424 g/mol. The Bertz CT molecular complexity index is 735.